The fourth-order valence-electron chi connectivity index (χ4n) is 1.97. The highest BCUT2D eigenvalue weighted by atomic mass is 32.2. The zero-order chi connectivity index (χ0) is 13.8. The molecule has 3 aromatic rings. The van der Waals surface area contributed by atoms with Crippen molar-refractivity contribution in [2.45, 2.75) is 11.3 Å². The normalized spacial score (nSPS) is 10.7. The molecule has 100 valence electrons. The summed E-state index contributed by atoms with van der Waals surface area (Å²) in [5.41, 5.74) is 3.32. The van der Waals surface area contributed by atoms with Gasteiger partial charge in [0.2, 0.25) is 0 Å². The Balaban J connectivity index is 2.13. The molecule has 0 aliphatic heterocycles. The average Bonchev–Trinajstić information content (AvgIpc) is 2.93. The first kappa shape index (κ1) is 13.3. The summed E-state index contributed by atoms with van der Waals surface area (Å²) in [7, 11) is 0. The molecule has 20 heavy (non-hydrogen) atoms. The molecule has 4 heteroatoms. The first-order chi connectivity index (χ1) is 9.88. The van der Waals surface area contributed by atoms with Gasteiger partial charge in [-0.25, -0.2) is 4.98 Å². The zero-order valence-corrected chi connectivity index (χ0v) is 12.7. The summed E-state index contributed by atoms with van der Waals surface area (Å²) < 4.78 is 1.12. The number of benzene rings is 1. The quantitative estimate of drug-likeness (QED) is 0.635. The van der Waals surface area contributed by atoms with Crippen molar-refractivity contribution in [2.24, 2.45) is 0 Å². The molecule has 0 amide bonds. The highest BCUT2D eigenvalue weighted by molar-refractivity contribution is 8.01. The molecule has 0 saturated heterocycles. The minimum absolute atomic E-state index is 1.03. The van der Waals surface area contributed by atoms with Crippen molar-refractivity contribution in [1.29, 1.82) is 0 Å². The van der Waals surface area contributed by atoms with Gasteiger partial charge in [0, 0.05) is 18.0 Å². The van der Waals surface area contributed by atoms with E-state index in [-0.39, 0.29) is 0 Å². The summed E-state index contributed by atoms with van der Waals surface area (Å²) in [6, 6.07) is 14.5. The van der Waals surface area contributed by atoms with Crippen LogP contribution in [0.1, 0.15) is 6.92 Å². The molecule has 0 atom stereocenters. The van der Waals surface area contributed by atoms with Crippen LogP contribution in [0.5, 0.6) is 0 Å². The number of hydrogen-bond donors (Lipinski definition) is 0. The number of aromatic nitrogens is 2. The predicted octanol–water partition coefficient (Wildman–Crippen LogP) is 4.98. The lowest BCUT2D eigenvalue weighted by molar-refractivity contribution is 1.23. The van der Waals surface area contributed by atoms with E-state index in [0.717, 1.165) is 21.3 Å². The Hall–Kier alpha value is -1.65. The molecule has 0 radical (unpaired) electrons. The van der Waals surface area contributed by atoms with Crippen molar-refractivity contribution >= 4 is 23.1 Å². The Labute approximate surface area is 126 Å². The van der Waals surface area contributed by atoms with Crippen molar-refractivity contribution in [3.8, 4) is 21.7 Å². The maximum Gasteiger partial charge on any atom is 0.151 e. The molecule has 1 aromatic carbocycles. The third-order valence-corrected chi connectivity index (χ3v) is 4.98. The molecule has 3 rings (SSSR count). The van der Waals surface area contributed by atoms with Gasteiger partial charge in [0.1, 0.15) is 0 Å². The summed E-state index contributed by atoms with van der Waals surface area (Å²) in [6.07, 6.45) is 3.67. The molecule has 0 unspecified atom stereocenters. The van der Waals surface area contributed by atoms with Crippen molar-refractivity contribution in [1.82, 2.24) is 9.97 Å². The van der Waals surface area contributed by atoms with Crippen LogP contribution in [0.15, 0.2) is 59.2 Å². The molecule has 0 spiro atoms. The van der Waals surface area contributed by atoms with Gasteiger partial charge < -0.3 is 0 Å². The number of pyridine rings is 1. The van der Waals surface area contributed by atoms with Crippen LogP contribution in [0.25, 0.3) is 21.7 Å². The molecule has 0 aliphatic carbocycles. The third kappa shape index (κ3) is 2.76. The second-order valence-electron chi connectivity index (χ2n) is 4.20. The van der Waals surface area contributed by atoms with E-state index < -0.39 is 0 Å². The van der Waals surface area contributed by atoms with Gasteiger partial charge in [0.15, 0.2) is 4.34 Å². The van der Waals surface area contributed by atoms with Gasteiger partial charge >= 0.3 is 0 Å². The number of rotatable bonds is 4. The van der Waals surface area contributed by atoms with Crippen molar-refractivity contribution in [3.05, 3.63) is 54.9 Å². The van der Waals surface area contributed by atoms with Gasteiger partial charge in [0.05, 0.1) is 10.6 Å². The molecule has 2 heterocycles. The Bertz CT molecular complexity index is 621. The monoisotopic (exact) mass is 298 g/mol. The van der Waals surface area contributed by atoms with Crippen LogP contribution in [0.2, 0.25) is 0 Å². The van der Waals surface area contributed by atoms with Gasteiger partial charge in [-0.05, 0) is 23.4 Å². The maximum absolute atomic E-state index is 4.79. The largest absolute Gasteiger partial charge is 0.264 e. The topological polar surface area (TPSA) is 25.8 Å². The molecular weight excluding hydrogens is 284 g/mol. The van der Waals surface area contributed by atoms with Crippen LogP contribution in [-0.4, -0.2) is 15.7 Å². The first-order valence-corrected chi connectivity index (χ1v) is 8.28. The van der Waals surface area contributed by atoms with Crippen LogP contribution < -0.4 is 0 Å². The summed E-state index contributed by atoms with van der Waals surface area (Å²) in [5.74, 6) is 1.04. The van der Waals surface area contributed by atoms with Crippen LogP contribution in [0.3, 0.4) is 0 Å². The van der Waals surface area contributed by atoms with Crippen LogP contribution in [-0.2, 0) is 0 Å². The Morgan fingerprint density at radius 1 is 1.05 bits per heavy atom. The van der Waals surface area contributed by atoms with E-state index in [2.05, 4.69) is 42.2 Å². The highest BCUT2D eigenvalue weighted by Crippen LogP contribution is 2.39. The zero-order valence-electron chi connectivity index (χ0n) is 11.1. The predicted molar refractivity (Wildman–Crippen MR) is 87.2 cm³/mol. The SMILES string of the molecule is CCSc1nc(-c2cccnc2)c(-c2ccccc2)s1. The van der Waals surface area contributed by atoms with E-state index >= 15 is 0 Å². The first-order valence-electron chi connectivity index (χ1n) is 6.48. The fraction of sp³-hybridized carbons (Fsp3) is 0.125. The Kier molecular flexibility index (Phi) is 4.14. The van der Waals surface area contributed by atoms with Crippen LogP contribution in [0.4, 0.5) is 0 Å². The highest BCUT2D eigenvalue weighted by Gasteiger charge is 2.14. The minimum Gasteiger partial charge on any atom is -0.264 e. The van der Waals surface area contributed by atoms with Crippen molar-refractivity contribution in [3.63, 3.8) is 0 Å². The smallest absolute Gasteiger partial charge is 0.151 e. The number of nitrogens with zero attached hydrogens (tertiary/aromatic N) is 2. The molecule has 0 aliphatic rings. The maximum atomic E-state index is 4.79. The van der Waals surface area contributed by atoms with Crippen molar-refractivity contribution < 1.29 is 0 Å². The van der Waals surface area contributed by atoms with E-state index in [1.807, 2.05) is 18.3 Å². The van der Waals surface area contributed by atoms with E-state index in [0.29, 0.717) is 0 Å². The molecule has 0 N–H and O–H groups in total. The van der Waals surface area contributed by atoms with Gasteiger partial charge in [0.25, 0.3) is 0 Å². The van der Waals surface area contributed by atoms with Gasteiger partial charge in [-0.3, -0.25) is 4.98 Å². The van der Waals surface area contributed by atoms with Gasteiger partial charge in [-0.15, -0.1) is 11.3 Å². The van der Waals surface area contributed by atoms with Gasteiger partial charge in [-0.1, -0.05) is 49.0 Å². The number of thioether (sulfide) groups is 1. The molecule has 0 fully saturated rings. The summed E-state index contributed by atoms with van der Waals surface area (Å²) in [5, 5.41) is 0. The summed E-state index contributed by atoms with van der Waals surface area (Å²) >= 11 is 3.54. The Morgan fingerprint density at radius 2 is 1.85 bits per heavy atom. The van der Waals surface area contributed by atoms with Crippen LogP contribution >= 0.6 is 23.1 Å². The second kappa shape index (κ2) is 6.20. The van der Waals surface area contributed by atoms with Crippen LogP contribution in [0, 0.1) is 0 Å². The number of thiazole rings is 1. The molecule has 0 bridgehead atoms. The third-order valence-electron chi connectivity index (χ3n) is 2.85. The van der Waals surface area contributed by atoms with E-state index in [1.165, 1.54) is 10.4 Å². The average molecular weight is 298 g/mol. The lowest BCUT2D eigenvalue weighted by atomic mass is 10.1. The fourth-order valence-corrected chi connectivity index (χ4v) is 4.04. The lowest BCUT2D eigenvalue weighted by Crippen LogP contribution is -1.83. The summed E-state index contributed by atoms with van der Waals surface area (Å²) in [4.78, 5) is 10.2. The molecular formula is C16H14N2S2. The Morgan fingerprint density at radius 3 is 2.55 bits per heavy atom. The molecule has 2 nitrogen and oxygen atoms in total. The number of hydrogen-bond acceptors (Lipinski definition) is 4. The standard InChI is InChI=1S/C16H14N2S2/c1-2-19-16-18-14(13-9-6-10-17-11-13)15(20-16)12-7-4-3-5-8-12/h3-11H,2H2,1H3. The summed E-state index contributed by atoms with van der Waals surface area (Å²) in [6.45, 7) is 2.15. The second-order valence-corrected chi connectivity index (χ2v) is 6.71. The van der Waals surface area contributed by atoms with Crippen molar-refractivity contribution in [2.75, 3.05) is 5.75 Å². The van der Waals surface area contributed by atoms with E-state index in [9.17, 15) is 0 Å². The molecule has 0 saturated carbocycles. The molecule has 2 aromatic heterocycles. The van der Waals surface area contributed by atoms with Gasteiger partial charge in [-0.2, -0.15) is 0 Å². The van der Waals surface area contributed by atoms with E-state index in [1.54, 1.807) is 29.3 Å². The lowest BCUT2D eigenvalue weighted by Gasteiger charge is -2.01. The van der Waals surface area contributed by atoms with E-state index in [4.69, 9.17) is 4.98 Å². The minimum atomic E-state index is 1.03.